The Kier molecular flexibility index (Phi) is 1.89. The van der Waals surface area contributed by atoms with E-state index < -0.39 is 0 Å². The molecule has 12 heavy (non-hydrogen) atoms. The van der Waals surface area contributed by atoms with Crippen molar-refractivity contribution in [1.29, 1.82) is 0 Å². The van der Waals surface area contributed by atoms with Crippen molar-refractivity contribution in [3.8, 4) is 0 Å². The summed E-state index contributed by atoms with van der Waals surface area (Å²) in [6, 6.07) is 0. The topological polar surface area (TPSA) is 29.9 Å². The minimum Gasteiger partial charge on any atom is -0.332 e. The lowest BCUT2D eigenvalue weighted by Gasteiger charge is -2.17. The van der Waals surface area contributed by atoms with E-state index in [1.807, 2.05) is 6.33 Å². The van der Waals surface area contributed by atoms with Crippen molar-refractivity contribution in [3.05, 3.63) is 17.7 Å². The Hall–Kier alpha value is -0.830. The van der Waals surface area contributed by atoms with Crippen LogP contribution in [-0.4, -0.2) is 16.1 Å². The van der Waals surface area contributed by atoms with Crippen LogP contribution in [0.3, 0.4) is 0 Å². The van der Waals surface area contributed by atoms with Gasteiger partial charge in [-0.1, -0.05) is 13.8 Å². The maximum absolute atomic E-state index is 4.42. The Bertz CT molecular complexity index is 275. The van der Waals surface area contributed by atoms with E-state index >= 15 is 0 Å². The minimum atomic E-state index is 0.543. The molecule has 2 rings (SSSR count). The lowest BCUT2D eigenvalue weighted by molar-refractivity contribution is 0.511. The van der Waals surface area contributed by atoms with Gasteiger partial charge in [0.15, 0.2) is 0 Å². The largest absolute Gasteiger partial charge is 0.332 e. The van der Waals surface area contributed by atoms with Crippen molar-refractivity contribution in [2.24, 2.45) is 0 Å². The number of aromatic nitrogens is 2. The molecule has 0 unspecified atom stereocenters. The fourth-order valence-electron chi connectivity index (χ4n) is 1.70. The van der Waals surface area contributed by atoms with Gasteiger partial charge >= 0.3 is 0 Å². The van der Waals surface area contributed by atoms with Gasteiger partial charge in [-0.15, -0.1) is 0 Å². The molecule has 0 saturated carbocycles. The average Bonchev–Trinajstić information content (AvgIpc) is 2.47. The number of imidazole rings is 1. The van der Waals surface area contributed by atoms with Gasteiger partial charge in [0.05, 0.1) is 17.7 Å². The number of nitrogens with one attached hydrogen (secondary N) is 1. The van der Waals surface area contributed by atoms with E-state index in [0.29, 0.717) is 5.92 Å². The zero-order valence-electron chi connectivity index (χ0n) is 7.67. The molecule has 0 saturated heterocycles. The van der Waals surface area contributed by atoms with Gasteiger partial charge in [-0.25, -0.2) is 4.98 Å². The normalized spacial score (nSPS) is 16.6. The van der Waals surface area contributed by atoms with E-state index in [9.17, 15) is 0 Å². The number of rotatable bonds is 1. The molecule has 0 fully saturated rings. The van der Waals surface area contributed by atoms with Gasteiger partial charge in [0, 0.05) is 19.6 Å². The third-order valence-electron chi connectivity index (χ3n) is 2.35. The molecular weight excluding hydrogens is 150 g/mol. The molecule has 1 aliphatic rings. The molecule has 3 nitrogen and oxygen atoms in total. The first kappa shape index (κ1) is 7.80. The lowest BCUT2D eigenvalue weighted by Crippen LogP contribution is -2.28. The van der Waals surface area contributed by atoms with Crippen molar-refractivity contribution in [3.63, 3.8) is 0 Å². The number of hydrogen-bond acceptors (Lipinski definition) is 2. The zero-order valence-corrected chi connectivity index (χ0v) is 7.67. The highest BCUT2D eigenvalue weighted by molar-refractivity contribution is 5.17. The molecule has 1 aliphatic heterocycles. The summed E-state index contributed by atoms with van der Waals surface area (Å²) < 4.78 is 2.26. The van der Waals surface area contributed by atoms with Crippen molar-refractivity contribution in [2.75, 3.05) is 6.54 Å². The van der Waals surface area contributed by atoms with Gasteiger partial charge in [0.25, 0.3) is 0 Å². The molecule has 0 spiro atoms. The molecule has 1 aromatic rings. The second-order valence-corrected chi connectivity index (χ2v) is 3.60. The first-order valence-corrected chi connectivity index (χ1v) is 4.53. The highest BCUT2D eigenvalue weighted by Gasteiger charge is 2.15. The smallest absolute Gasteiger partial charge is 0.0952 e. The van der Waals surface area contributed by atoms with Gasteiger partial charge in [0.2, 0.25) is 0 Å². The summed E-state index contributed by atoms with van der Waals surface area (Å²) in [5, 5.41) is 3.36. The van der Waals surface area contributed by atoms with E-state index in [-0.39, 0.29) is 0 Å². The number of nitrogens with zero attached hydrogens (tertiary/aromatic N) is 2. The fraction of sp³-hybridized carbons (Fsp3) is 0.667. The Morgan fingerprint density at radius 3 is 3.17 bits per heavy atom. The predicted molar refractivity (Wildman–Crippen MR) is 48.0 cm³/mol. The molecule has 0 radical (unpaired) electrons. The molecule has 0 amide bonds. The lowest BCUT2D eigenvalue weighted by atomic mass is 10.1. The van der Waals surface area contributed by atoms with Crippen molar-refractivity contribution in [2.45, 2.75) is 32.9 Å². The van der Waals surface area contributed by atoms with Crippen LogP contribution in [0.25, 0.3) is 0 Å². The fourth-order valence-corrected chi connectivity index (χ4v) is 1.70. The summed E-state index contributed by atoms with van der Waals surface area (Å²) in [6.07, 6.45) is 1.96. The summed E-state index contributed by atoms with van der Waals surface area (Å²) in [5.74, 6) is 0.543. The zero-order chi connectivity index (χ0) is 8.55. The second kappa shape index (κ2) is 2.90. The van der Waals surface area contributed by atoms with E-state index in [4.69, 9.17) is 0 Å². The van der Waals surface area contributed by atoms with Crippen LogP contribution >= 0.6 is 0 Å². The van der Waals surface area contributed by atoms with Gasteiger partial charge < -0.3 is 9.88 Å². The number of fused-ring (bicyclic) bond motifs is 1. The van der Waals surface area contributed by atoms with Crippen LogP contribution in [0, 0.1) is 0 Å². The maximum Gasteiger partial charge on any atom is 0.0952 e. The molecule has 0 aromatic carbocycles. The quantitative estimate of drug-likeness (QED) is 0.675. The van der Waals surface area contributed by atoms with Crippen LogP contribution in [0.2, 0.25) is 0 Å². The first-order valence-electron chi connectivity index (χ1n) is 4.53. The molecule has 1 N–H and O–H groups in total. The molecule has 2 heterocycles. The van der Waals surface area contributed by atoms with Gasteiger partial charge in [0.1, 0.15) is 0 Å². The monoisotopic (exact) mass is 165 g/mol. The molecule has 0 aliphatic carbocycles. The standard InChI is InChI=1S/C9H15N3/c1-7(2)9-8-5-10-3-4-12(8)6-11-9/h6-7,10H,3-5H2,1-2H3. The van der Waals surface area contributed by atoms with Crippen LogP contribution in [0.15, 0.2) is 6.33 Å². The van der Waals surface area contributed by atoms with E-state index in [1.54, 1.807) is 0 Å². The highest BCUT2D eigenvalue weighted by atomic mass is 15.1. The van der Waals surface area contributed by atoms with E-state index in [2.05, 4.69) is 28.7 Å². The summed E-state index contributed by atoms with van der Waals surface area (Å²) in [5.41, 5.74) is 2.62. The molecule has 0 bridgehead atoms. The van der Waals surface area contributed by atoms with Crippen LogP contribution in [-0.2, 0) is 13.1 Å². The van der Waals surface area contributed by atoms with Crippen LogP contribution in [0.4, 0.5) is 0 Å². The van der Waals surface area contributed by atoms with Crippen LogP contribution in [0.1, 0.15) is 31.2 Å². The Morgan fingerprint density at radius 1 is 1.58 bits per heavy atom. The van der Waals surface area contributed by atoms with E-state index in [0.717, 1.165) is 19.6 Å². The van der Waals surface area contributed by atoms with Crippen molar-refractivity contribution in [1.82, 2.24) is 14.9 Å². The summed E-state index contributed by atoms with van der Waals surface area (Å²) >= 11 is 0. The summed E-state index contributed by atoms with van der Waals surface area (Å²) in [7, 11) is 0. The molecule has 66 valence electrons. The van der Waals surface area contributed by atoms with Crippen molar-refractivity contribution < 1.29 is 0 Å². The van der Waals surface area contributed by atoms with Crippen LogP contribution < -0.4 is 5.32 Å². The van der Waals surface area contributed by atoms with Crippen LogP contribution in [0.5, 0.6) is 0 Å². The third kappa shape index (κ3) is 1.14. The minimum absolute atomic E-state index is 0.543. The SMILES string of the molecule is CC(C)c1ncn2c1CNCC2. The predicted octanol–water partition coefficient (Wildman–Crippen LogP) is 1.11. The van der Waals surface area contributed by atoms with Gasteiger partial charge in [-0.05, 0) is 5.92 Å². The second-order valence-electron chi connectivity index (χ2n) is 3.60. The Balaban J connectivity index is 2.38. The van der Waals surface area contributed by atoms with Gasteiger partial charge in [-0.2, -0.15) is 0 Å². The summed E-state index contributed by atoms with van der Waals surface area (Å²) in [6.45, 7) is 7.50. The maximum atomic E-state index is 4.42. The van der Waals surface area contributed by atoms with E-state index in [1.165, 1.54) is 11.4 Å². The Labute approximate surface area is 72.8 Å². The molecule has 1 aromatic heterocycles. The first-order chi connectivity index (χ1) is 5.79. The Morgan fingerprint density at radius 2 is 2.42 bits per heavy atom. The molecule has 0 atom stereocenters. The summed E-state index contributed by atoms with van der Waals surface area (Å²) in [4.78, 5) is 4.42. The third-order valence-corrected chi connectivity index (χ3v) is 2.35. The highest BCUT2D eigenvalue weighted by Crippen LogP contribution is 2.18. The molecular formula is C9H15N3. The van der Waals surface area contributed by atoms with Gasteiger partial charge in [-0.3, -0.25) is 0 Å². The number of hydrogen-bond donors (Lipinski definition) is 1. The molecule has 3 heteroatoms. The average molecular weight is 165 g/mol. The van der Waals surface area contributed by atoms with Crippen molar-refractivity contribution >= 4 is 0 Å².